The van der Waals surface area contributed by atoms with Crippen LogP contribution in [0.15, 0.2) is 42.5 Å². The molecule has 0 unspecified atom stereocenters. The first-order chi connectivity index (χ1) is 17.1. The van der Waals surface area contributed by atoms with Gasteiger partial charge in [-0.25, -0.2) is 17.2 Å². The van der Waals surface area contributed by atoms with Crippen LogP contribution >= 0.6 is 0 Å². The lowest BCUT2D eigenvalue weighted by atomic mass is 10.1. The van der Waals surface area contributed by atoms with Gasteiger partial charge in [0.2, 0.25) is 21.8 Å². The molecule has 0 saturated carbocycles. The number of benzene rings is 2. The molecule has 37 heavy (non-hydrogen) atoms. The Morgan fingerprint density at radius 2 is 1.76 bits per heavy atom. The van der Waals surface area contributed by atoms with Crippen LogP contribution in [0.3, 0.4) is 0 Å². The van der Waals surface area contributed by atoms with Crippen molar-refractivity contribution in [3.63, 3.8) is 0 Å². The third-order valence-corrected chi connectivity index (χ3v) is 6.69. The van der Waals surface area contributed by atoms with Crippen LogP contribution in [-0.4, -0.2) is 56.6 Å². The van der Waals surface area contributed by atoms with E-state index in [0.29, 0.717) is 5.75 Å². The maximum absolute atomic E-state index is 13.7. The Balaban J connectivity index is 2.23. The van der Waals surface area contributed by atoms with Gasteiger partial charge in [-0.15, -0.1) is 0 Å². The summed E-state index contributed by atoms with van der Waals surface area (Å²) in [5.74, 6) is -2.36. The van der Waals surface area contributed by atoms with Gasteiger partial charge in [-0.2, -0.15) is 0 Å². The highest BCUT2D eigenvalue weighted by molar-refractivity contribution is 7.92. The summed E-state index contributed by atoms with van der Waals surface area (Å²) >= 11 is 0. The summed E-state index contributed by atoms with van der Waals surface area (Å²) < 4.78 is 57.9. The van der Waals surface area contributed by atoms with E-state index >= 15 is 0 Å². The summed E-state index contributed by atoms with van der Waals surface area (Å²) in [6.07, 6.45) is 0.962. The lowest BCUT2D eigenvalue weighted by Gasteiger charge is -2.32. The average Bonchev–Trinajstić information content (AvgIpc) is 2.80. The third kappa shape index (κ3) is 8.99. The number of nitrogens with zero attached hydrogens (tertiary/aromatic N) is 2. The van der Waals surface area contributed by atoms with Crippen LogP contribution in [0, 0.1) is 11.6 Å². The van der Waals surface area contributed by atoms with E-state index < -0.39 is 33.2 Å². The lowest BCUT2D eigenvalue weighted by molar-refractivity contribution is -0.141. The minimum atomic E-state index is -3.83. The Labute approximate surface area is 217 Å². The van der Waals surface area contributed by atoms with E-state index in [4.69, 9.17) is 4.74 Å². The van der Waals surface area contributed by atoms with Gasteiger partial charge in [-0.3, -0.25) is 13.9 Å². The van der Waals surface area contributed by atoms with Crippen molar-refractivity contribution in [1.82, 2.24) is 10.2 Å². The van der Waals surface area contributed by atoms with Crippen molar-refractivity contribution in [3.05, 3.63) is 59.7 Å². The number of amides is 2. The molecule has 0 saturated heterocycles. The summed E-state index contributed by atoms with van der Waals surface area (Å²) in [5, 5.41) is 2.88. The predicted molar refractivity (Wildman–Crippen MR) is 139 cm³/mol. The van der Waals surface area contributed by atoms with Crippen molar-refractivity contribution in [3.8, 4) is 5.75 Å². The molecular weight excluding hydrogens is 504 g/mol. The fourth-order valence-electron chi connectivity index (χ4n) is 3.67. The molecule has 0 fully saturated rings. The molecule has 1 N–H and O–H groups in total. The van der Waals surface area contributed by atoms with Crippen molar-refractivity contribution in [1.29, 1.82) is 0 Å². The Kier molecular flexibility index (Phi) is 10.0. The van der Waals surface area contributed by atoms with Crippen molar-refractivity contribution in [2.24, 2.45) is 0 Å². The second-order valence-electron chi connectivity index (χ2n) is 9.83. The van der Waals surface area contributed by atoms with Gasteiger partial charge in [0.05, 0.1) is 19.1 Å². The molecule has 1 atom stereocenters. The molecule has 0 aliphatic carbocycles. The average molecular weight is 540 g/mol. The number of methoxy groups -OCH3 is 1. The number of rotatable bonds is 11. The number of carbonyl (C=O) groups excluding carboxylic acids is 2. The molecule has 0 spiro atoms. The normalized spacial score (nSPS) is 12.5. The number of anilines is 1. The van der Waals surface area contributed by atoms with E-state index in [1.165, 1.54) is 12.0 Å². The van der Waals surface area contributed by atoms with Gasteiger partial charge in [0, 0.05) is 31.1 Å². The van der Waals surface area contributed by atoms with Gasteiger partial charge in [0.1, 0.15) is 11.8 Å². The van der Waals surface area contributed by atoms with Crippen LogP contribution in [0.5, 0.6) is 5.75 Å². The van der Waals surface area contributed by atoms with E-state index in [-0.39, 0.29) is 43.4 Å². The molecule has 2 aromatic rings. The number of sulfonamides is 1. The molecule has 0 aliphatic rings. The summed E-state index contributed by atoms with van der Waals surface area (Å²) in [4.78, 5) is 27.6. The number of hydrogen-bond acceptors (Lipinski definition) is 5. The highest BCUT2D eigenvalue weighted by Gasteiger charge is 2.29. The molecule has 2 aromatic carbocycles. The van der Waals surface area contributed by atoms with Gasteiger partial charge in [0.15, 0.2) is 11.6 Å². The Bertz CT molecular complexity index is 1210. The molecule has 2 amide bonds. The molecule has 204 valence electrons. The number of carbonyl (C=O) groups is 2. The number of hydrogen-bond donors (Lipinski definition) is 1. The molecule has 0 heterocycles. The first-order valence-corrected chi connectivity index (χ1v) is 13.6. The molecule has 2 rings (SSSR count). The van der Waals surface area contributed by atoms with Crippen molar-refractivity contribution >= 4 is 27.5 Å². The molecule has 0 bridgehead atoms. The fraction of sp³-hybridized carbons (Fsp3) is 0.462. The molecule has 0 aromatic heterocycles. The SMILES string of the molecule is COc1cccc(CN(C(=O)CCCN(c2ccc(F)c(F)c2)S(C)(=O)=O)[C@H](C)C(=O)NC(C)(C)C)c1. The summed E-state index contributed by atoms with van der Waals surface area (Å²) in [7, 11) is -2.30. The van der Waals surface area contributed by atoms with Gasteiger partial charge >= 0.3 is 0 Å². The number of nitrogens with one attached hydrogen (secondary N) is 1. The van der Waals surface area contributed by atoms with Crippen LogP contribution in [-0.2, 0) is 26.2 Å². The molecule has 11 heteroatoms. The second kappa shape index (κ2) is 12.4. The maximum atomic E-state index is 13.7. The zero-order valence-corrected chi connectivity index (χ0v) is 22.9. The maximum Gasteiger partial charge on any atom is 0.242 e. The van der Waals surface area contributed by atoms with Gasteiger partial charge < -0.3 is 15.0 Å². The first-order valence-electron chi connectivity index (χ1n) is 11.8. The van der Waals surface area contributed by atoms with Crippen LogP contribution in [0.1, 0.15) is 46.1 Å². The molecular formula is C26H35F2N3O5S. The largest absolute Gasteiger partial charge is 0.497 e. The molecule has 0 radical (unpaired) electrons. The van der Waals surface area contributed by atoms with E-state index in [2.05, 4.69) is 5.32 Å². The molecule has 8 nitrogen and oxygen atoms in total. The van der Waals surface area contributed by atoms with Crippen molar-refractivity contribution in [2.45, 2.75) is 58.7 Å². The Hall–Kier alpha value is -3.21. The highest BCUT2D eigenvalue weighted by Crippen LogP contribution is 2.22. The van der Waals surface area contributed by atoms with Crippen molar-refractivity contribution in [2.75, 3.05) is 24.2 Å². The second-order valence-corrected chi connectivity index (χ2v) is 11.7. The van der Waals surface area contributed by atoms with Gasteiger partial charge in [-0.05, 0) is 63.9 Å². The van der Waals surface area contributed by atoms with Crippen LogP contribution < -0.4 is 14.4 Å². The Morgan fingerprint density at radius 3 is 2.32 bits per heavy atom. The highest BCUT2D eigenvalue weighted by atomic mass is 32.2. The number of ether oxygens (including phenoxy) is 1. The van der Waals surface area contributed by atoms with Gasteiger partial charge in [0.25, 0.3) is 0 Å². The first kappa shape index (κ1) is 30.0. The zero-order chi connectivity index (χ0) is 28.0. The van der Waals surface area contributed by atoms with Crippen molar-refractivity contribution < 1.29 is 31.5 Å². The fourth-order valence-corrected chi connectivity index (χ4v) is 4.63. The van der Waals surface area contributed by atoms with E-state index in [0.717, 1.165) is 34.3 Å². The minimum absolute atomic E-state index is 0.0417. The predicted octanol–water partition coefficient (Wildman–Crippen LogP) is 3.85. The smallest absolute Gasteiger partial charge is 0.242 e. The quantitative estimate of drug-likeness (QED) is 0.468. The van der Waals surface area contributed by atoms with E-state index in [1.807, 2.05) is 26.8 Å². The monoisotopic (exact) mass is 539 g/mol. The van der Waals surface area contributed by atoms with Crippen LogP contribution in [0.4, 0.5) is 14.5 Å². The minimum Gasteiger partial charge on any atom is -0.497 e. The number of halogens is 2. The van der Waals surface area contributed by atoms with Gasteiger partial charge in [-0.1, -0.05) is 12.1 Å². The topological polar surface area (TPSA) is 96.0 Å². The summed E-state index contributed by atoms with van der Waals surface area (Å²) in [6.45, 7) is 7.14. The summed E-state index contributed by atoms with van der Waals surface area (Å²) in [6, 6.07) is 9.12. The zero-order valence-electron chi connectivity index (χ0n) is 22.0. The summed E-state index contributed by atoms with van der Waals surface area (Å²) in [5.41, 5.74) is 0.207. The van der Waals surface area contributed by atoms with E-state index in [1.54, 1.807) is 25.1 Å². The third-order valence-electron chi connectivity index (χ3n) is 5.50. The lowest BCUT2D eigenvalue weighted by Crippen LogP contribution is -2.52. The van der Waals surface area contributed by atoms with Crippen LogP contribution in [0.2, 0.25) is 0 Å². The standard InChI is InChI=1S/C26H35F2N3O5S/c1-18(25(33)29-26(2,3)4)30(17-19-9-7-10-21(15-19)36-5)24(32)11-8-14-31(37(6,34)35)20-12-13-22(27)23(28)16-20/h7,9-10,12-13,15-16,18H,8,11,14,17H2,1-6H3,(H,29,33)/t18-/m1/s1. The molecule has 0 aliphatic heterocycles. The van der Waals surface area contributed by atoms with E-state index in [9.17, 15) is 26.8 Å². The Morgan fingerprint density at radius 1 is 1.08 bits per heavy atom. The van der Waals surface area contributed by atoms with Crippen LogP contribution in [0.25, 0.3) is 0 Å².